The molecular formula is C13H15ClN2O5. The normalized spacial score (nSPS) is 13.3. The van der Waals surface area contributed by atoms with Crippen LogP contribution in [0, 0.1) is 16.0 Å². The summed E-state index contributed by atoms with van der Waals surface area (Å²) in [4.78, 5) is 33.1. The largest absolute Gasteiger partial charge is 0.480 e. The van der Waals surface area contributed by atoms with Crippen LogP contribution in [0.3, 0.4) is 0 Å². The second kappa shape index (κ2) is 7.03. The molecule has 0 aliphatic rings. The lowest BCUT2D eigenvalue weighted by molar-refractivity contribution is -0.384. The van der Waals surface area contributed by atoms with E-state index < -0.39 is 22.8 Å². The molecule has 0 aliphatic heterocycles. The smallest absolute Gasteiger partial charge is 0.326 e. The number of nitrogens with zero attached hydrogens (tertiary/aromatic N) is 1. The molecule has 21 heavy (non-hydrogen) atoms. The van der Waals surface area contributed by atoms with Gasteiger partial charge in [0.25, 0.3) is 11.6 Å². The summed E-state index contributed by atoms with van der Waals surface area (Å²) in [7, 11) is 0. The molecule has 0 saturated heterocycles. The highest BCUT2D eigenvalue weighted by Crippen LogP contribution is 2.25. The van der Waals surface area contributed by atoms with Gasteiger partial charge in [0, 0.05) is 11.6 Å². The first-order valence-corrected chi connectivity index (χ1v) is 6.63. The number of carboxylic acid groups (broad SMARTS) is 1. The van der Waals surface area contributed by atoms with Crippen molar-refractivity contribution in [3.63, 3.8) is 0 Å². The Balaban J connectivity index is 2.96. The number of carbonyl (C=O) groups is 2. The van der Waals surface area contributed by atoms with Crippen molar-refractivity contribution >= 4 is 29.2 Å². The van der Waals surface area contributed by atoms with Crippen molar-refractivity contribution in [3.8, 4) is 0 Å². The molecule has 0 aromatic heterocycles. The van der Waals surface area contributed by atoms with Gasteiger partial charge in [-0.25, -0.2) is 4.79 Å². The van der Waals surface area contributed by atoms with Crippen molar-refractivity contribution < 1.29 is 19.6 Å². The van der Waals surface area contributed by atoms with Crippen molar-refractivity contribution in [3.05, 3.63) is 38.9 Å². The van der Waals surface area contributed by atoms with E-state index in [1.54, 1.807) is 6.92 Å². The molecule has 1 rings (SSSR count). The fourth-order valence-corrected chi connectivity index (χ4v) is 1.95. The first-order chi connectivity index (χ1) is 9.77. The molecule has 8 heteroatoms. The summed E-state index contributed by atoms with van der Waals surface area (Å²) < 4.78 is 0. The number of nitro groups is 1. The summed E-state index contributed by atoms with van der Waals surface area (Å²) in [6.45, 7) is 3.53. The molecular weight excluding hydrogens is 300 g/mol. The zero-order valence-corrected chi connectivity index (χ0v) is 12.3. The van der Waals surface area contributed by atoms with E-state index in [0.717, 1.165) is 12.1 Å². The number of amides is 1. The maximum atomic E-state index is 12.0. The molecule has 0 radical (unpaired) electrons. The minimum atomic E-state index is -1.13. The topological polar surface area (TPSA) is 110 Å². The summed E-state index contributed by atoms with van der Waals surface area (Å²) in [5.74, 6) is -2.02. The number of hydrogen-bond acceptors (Lipinski definition) is 4. The van der Waals surface area contributed by atoms with E-state index in [1.165, 1.54) is 6.07 Å². The average molecular weight is 315 g/mol. The summed E-state index contributed by atoms with van der Waals surface area (Å²) in [6.07, 6.45) is 0.582. The number of hydrogen-bond donors (Lipinski definition) is 2. The van der Waals surface area contributed by atoms with Gasteiger partial charge < -0.3 is 10.4 Å². The molecule has 0 bridgehead atoms. The zero-order chi connectivity index (χ0) is 16.2. The van der Waals surface area contributed by atoms with Gasteiger partial charge in [0.1, 0.15) is 11.1 Å². The molecule has 0 fully saturated rings. The van der Waals surface area contributed by atoms with Crippen LogP contribution < -0.4 is 5.32 Å². The van der Waals surface area contributed by atoms with E-state index in [2.05, 4.69) is 5.32 Å². The van der Waals surface area contributed by atoms with Crippen LogP contribution in [0.2, 0.25) is 5.02 Å². The van der Waals surface area contributed by atoms with Crippen molar-refractivity contribution in [2.45, 2.75) is 26.3 Å². The van der Waals surface area contributed by atoms with Crippen molar-refractivity contribution in [1.29, 1.82) is 0 Å². The Labute approximate surface area is 126 Å². The SMILES string of the molecule is CCC(C)[C@H](NC(=O)c1ccc([N+](=O)[O-])c(Cl)c1)C(=O)O. The number of aliphatic carboxylic acids is 1. The number of carbonyl (C=O) groups excluding carboxylic acids is 1. The Kier molecular flexibility index (Phi) is 5.66. The van der Waals surface area contributed by atoms with E-state index >= 15 is 0 Å². The van der Waals surface area contributed by atoms with Crippen LogP contribution in [0.4, 0.5) is 5.69 Å². The predicted octanol–water partition coefficient (Wildman–Crippen LogP) is 2.48. The standard InChI is InChI=1S/C13H15ClN2O5/c1-3-7(2)11(13(18)19)15-12(17)8-4-5-10(16(20)21)9(14)6-8/h4-7,11H,3H2,1-2H3,(H,15,17)(H,18,19)/t7?,11-/m0/s1. The van der Waals surface area contributed by atoms with Gasteiger partial charge in [-0.15, -0.1) is 0 Å². The maximum Gasteiger partial charge on any atom is 0.326 e. The van der Waals surface area contributed by atoms with E-state index in [4.69, 9.17) is 16.7 Å². The number of benzene rings is 1. The lowest BCUT2D eigenvalue weighted by atomic mass is 9.99. The van der Waals surface area contributed by atoms with Gasteiger partial charge in [-0.3, -0.25) is 14.9 Å². The van der Waals surface area contributed by atoms with Crippen LogP contribution in [0.1, 0.15) is 30.6 Å². The lowest BCUT2D eigenvalue weighted by Gasteiger charge is -2.20. The van der Waals surface area contributed by atoms with Crippen LogP contribution in [0.15, 0.2) is 18.2 Å². The summed E-state index contributed by atoms with van der Waals surface area (Å²) in [6, 6.07) is 2.45. The van der Waals surface area contributed by atoms with E-state index in [-0.39, 0.29) is 22.2 Å². The minimum absolute atomic E-state index is 0.0696. The minimum Gasteiger partial charge on any atom is -0.480 e. The highest BCUT2D eigenvalue weighted by Gasteiger charge is 2.26. The monoisotopic (exact) mass is 314 g/mol. The highest BCUT2D eigenvalue weighted by molar-refractivity contribution is 6.33. The third-order valence-electron chi connectivity index (χ3n) is 3.17. The molecule has 0 spiro atoms. The molecule has 1 aromatic carbocycles. The number of rotatable bonds is 6. The van der Waals surface area contributed by atoms with Crippen LogP contribution in [-0.4, -0.2) is 27.9 Å². The average Bonchev–Trinajstić information content (AvgIpc) is 2.42. The zero-order valence-electron chi connectivity index (χ0n) is 11.5. The van der Waals surface area contributed by atoms with E-state index in [9.17, 15) is 19.7 Å². The third-order valence-corrected chi connectivity index (χ3v) is 3.47. The van der Waals surface area contributed by atoms with Crippen LogP contribution in [0.5, 0.6) is 0 Å². The molecule has 114 valence electrons. The van der Waals surface area contributed by atoms with Crippen LogP contribution in [-0.2, 0) is 4.79 Å². The maximum absolute atomic E-state index is 12.0. The second-order valence-electron chi connectivity index (χ2n) is 4.60. The molecule has 1 amide bonds. The highest BCUT2D eigenvalue weighted by atomic mass is 35.5. The number of carboxylic acids is 1. The number of nitro benzene ring substituents is 1. The molecule has 1 unspecified atom stereocenters. The molecule has 7 nitrogen and oxygen atoms in total. The number of halogens is 1. The van der Waals surface area contributed by atoms with Crippen LogP contribution in [0.25, 0.3) is 0 Å². The summed E-state index contributed by atoms with van der Waals surface area (Å²) in [5, 5.41) is 22.0. The van der Waals surface area contributed by atoms with E-state index in [0.29, 0.717) is 6.42 Å². The molecule has 0 heterocycles. The Bertz CT molecular complexity index is 576. The molecule has 2 atom stereocenters. The van der Waals surface area contributed by atoms with Gasteiger partial charge >= 0.3 is 5.97 Å². The quantitative estimate of drug-likeness (QED) is 0.619. The Morgan fingerprint density at radius 1 is 1.48 bits per heavy atom. The van der Waals surface area contributed by atoms with Crippen molar-refractivity contribution in [1.82, 2.24) is 5.32 Å². The van der Waals surface area contributed by atoms with Crippen LogP contribution >= 0.6 is 11.6 Å². The van der Waals surface area contributed by atoms with Crippen molar-refractivity contribution in [2.24, 2.45) is 5.92 Å². The van der Waals surface area contributed by atoms with Gasteiger partial charge in [-0.05, 0) is 18.1 Å². The fourth-order valence-electron chi connectivity index (χ4n) is 1.70. The molecule has 0 aliphatic carbocycles. The summed E-state index contributed by atoms with van der Waals surface area (Å²) >= 11 is 5.72. The fraction of sp³-hybridized carbons (Fsp3) is 0.385. The first kappa shape index (κ1) is 16.9. The third kappa shape index (κ3) is 4.16. The van der Waals surface area contributed by atoms with Gasteiger partial charge in [0.05, 0.1) is 4.92 Å². The molecule has 2 N–H and O–H groups in total. The first-order valence-electron chi connectivity index (χ1n) is 6.25. The number of nitrogens with one attached hydrogen (secondary N) is 1. The van der Waals surface area contributed by atoms with E-state index in [1.807, 2.05) is 6.92 Å². The molecule has 1 aromatic rings. The van der Waals surface area contributed by atoms with Crippen molar-refractivity contribution in [2.75, 3.05) is 0 Å². The Morgan fingerprint density at radius 2 is 2.10 bits per heavy atom. The Morgan fingerprint density at radius 3 is 2.52 bits per heavy atom. The lowest BCUT2D eigenvalue weighted by Crippen LogP contribution is -2.45. The van der Waals surface area contributed by atoms with Gasteiger partial charge in [0.15, 0.2) is 0 Å². The van der Waals surface area contributed by atoms with Gasteiger partial charge in [-0.2, -0.15) is 0 Å². The van der Waals surface area contributed by atoms with Gasteiger partial charge in [0.2, 0.25) is 0 Å². The summed E-state index contributed by atoms with van der Waals surface area (Å²) in [5.41, 5.74) is -0.245. The Hall–Kier alpha value is -2.15. The molecule has 0 saturated carbocycles. The second-order valence-corrected chi connectivity index (χ2v) is 5.01. The predicted molar refractivity (Wildman–Crippen MR) is 76.5 cm³/mol. The van der Waals surface area contributed by atoms with Gasteiger partial charge in [-0.1, -0.05) is 31.9 Å².